The Morgan fingerprint density at radius 2 is 2.04 bits per heavy atom. The maximum absolute atomic E-state index is 12.3. The lowest BCUT2D eigenvalue weighted by Crippen LogP contribution is -2.35. The summed E-state index contributed by atoms with van der Waals surface area (Å²) >= 11 is 0. The molecule has 0 aliphatic carbocycles. The number of aromatic amines is 1. The van der Waals surface area contributed by atoms with Crippen molar-refractivity contribution in [2.24, 2.45) is 11.7 Å². The molecule has 0 saturated carbocycles. The van der Waals surface area contributed by atoms with E-state index in [4.69, 9.17) is 5.73 Å². The average molecular weight is 314 g/mol. The van der Waals surface area contributed by atoms with E-state index in [1.165, 1.54) is 0 Å². The lowest BCUT2D eigenvalue weighted by Gasteiger charge is -2.20. The molecule has 0 aliphatic heterocycles. The highest BCUT2D eigenvalue weighted by Crippen LogP contribution is 2.13. The summed E-state index contributed by atoms with van der Waals surface area (Å²) in [7, 11) is 1.73. The van der Waals surface area contributed by atoms with Crippen LogP contribution in [0.25, 0.3) is 0 Å². The monoisotopic (exact) mass is 314 g/mol. The van der Waals surface area contributed by atoms with Crippen LogP contribution in [0.2, 0.25) is 0 Å². The van der Waals surface area contributed by atoms with Gasteiger partial charge < -0.3 is 15.6 Å². The Kier molecular flexibility index (Phi) is 5.91. The summed E-state index contributed by atoms with van der Waals surface area (Å²) in [5, 5.41) is 0. The predicted molar refractivity (Wildman–Crippen MR) is 87.4 cm³/mol. The summed E-state index contributed by atoms with van der Waals surface area (Å²) in [6.45, 7) is 0.545. The quantitative estimate of drug-likeness (QED) is 0.765. The first-order chi connectivity index (χ1) is 11.1. The molecule has 0 fully saturated rings. The molecule has 2 rings (SSSR count). The van der Waals surface area contributed by atoms with Crippen molar-refractivity contribution >= 4 is 11.8 Å². The molecule has 1 heterocycles. The summed E-state index contributed by atoms with van der Waals surface area (Å²) < 4.78 is 0. The Morgan fingerprint density at radius 1 is 1.30 bits per heavy atom. The van der Waals surface area contributed by atoms with E-state index in [2.05, 4.69) is 9.97 Å². The van der Waals surface area contributed by atoms with Crippen LogP contribution in [0, 0.1) is 5.92 Å². The fraction of sp³-hybridized carbons (Fsp3) is 0.353. The van der Waals surface area contributed by atoms with Gasteiger partial charge in [0, 0.05) is 38.8 Å². The highest BCUT2D eigenvalue weighted by Gasteiger charge is 2.22. The minimum absolute atomic E-state index is 0.0868. The summed E-state index contributed by atoms with van der Waals surface area (Å²) in [6, 6.07) is 9.59. The van der Waals surface area contributed by atoms with Gasteiger partial charge in [-0.2, -0.15) is 0 Å². The normalized spacial score (nSPS) is 11.9. The maximum atomic E-state index is 12.3. The molecule has 0 aliphatic rings. The fourth-order valence-corrected chi connectivity index (χ4v) is 2.37. The fourth-order valence-electron chi connectivity index (χ4n) is 2.37. The topological polar surface area (TPSA) is 92.1 Å². The summed E-state index contributed by atoms with van der Waals surface area (Å²) in [5.74, 6) is -0.186. The molecule has 1 atom stereocenters. The van der Waals surface area contributed by atoms with Crippen LogP contribution < -0.4 is 5.73 Å². The number of nitrogens with one attached hydrogen (secondary N) is 1. The number of H-pyrrole nitrogens is 1. The van der Waals surface area contributed by atoms with Crippen LogP contribution in [0.3, 0.4) is 0 Å². The van der Waals surface area contributed by atoms with Crippen LogP contribution in [0.15, 0.2) is 42.7 Å². The number of carbonyl (C=O) groups is 2. The second kappa shape index (κ2) is 8.12. The first-order valence-corrected chi connectivity index (χ1v) is 7.61. The van der Waals surface area contributed by atoms with Crippen molar-refractivity contribution in [2.45, 2.75) is 19.3 Å². The Labute approximate surface area is 135 Å². The van der Waals surface area contributed by atoms with Crippen LogP contribution in [0.4, 0.5) is 0 Å². The minimum Gasteiger partial charge on any atom is -0.369 e. The molecule has 1 unspecified atom stereocenters. The third-order valence-corrected chi connectivity index (χ3v) is 3.81. The van der Waals surface area contributed by atoms with Crippen molar-refractivity contribution in [3.8, 4) is 0 Å². The predicted octanol–water partition coefficient (Wildman–Crippen LogP) is 1.14. The van der Waals surface area contributed by atoms with Crippen LogP contribution >= 0.6 is 0 Å². The first-order valence-electron chi connectivity index (χ1n) is 7.61. The van der Waals surface area contributed by atoms with E-state index in [1.54, 1.807) is 24.3 Å². The Balaban J connectivity index is 1.88. The van der Waals surface area contributed by atoms with Crippen molar-refractivity contribution < 1.29 is 9.59 Å². The van der Waals surface area contributed by atoms with Crippen molar-refractivity contribution in [3.63, 3.8) is 0 Å². The molecule has 2 amide bonds. The van der Waals surface area contributed by atoms with Gasteiger partial charge >= 0.3 is 0 Å². The Hall–Kier alpha value is -2.63. The molecule has 122 valence electrons. The lowest BCUT2D eigenvalue weighted by atomic mass is 9.95. The standard InChI is InChI=1S/C17H22N4O2/c1-21(10-7-15-19-8-9-20-15)16(22)12-14(17(18)23)11-13-5-3-2-4-6-13/h2-6,8-9,14H,7,10-12H2,1H3,(H2,18,23)(H,19,20). The number of rotatable bonds is 8. The van der Waals surface area contributed by atoms with Crippen LogP contribution in [-0.4, -0.2) is 40.3 Å². The molecule has 6 heteroatoms. The number of carbonyl (C=O) groups excluding carboxylic acids is 2. The first kappa shape index (κ1) is 16.7. The van der Waals surface area contributed by atoms with Gasteiger partial charge in [0.1, 0.15) is 5.82 Å². The summed E-state index contributed by atoms with van der Waals surface area (Å²) in [6.07, 6.45) is 4.68. The molecule has 23 heavy (non-hydrogen) atoms. The van der Waals surface area contributed by atoms with Gasteiger partial charge in [0.05, 0.1) is 5.92 Å². The number of amides is 2. The molecular formula is C17H22N4O2. The van der Waals surface area contributed by atoms with Crippen molar-refractivity contribution in [3.05, 3.63) is 54.1 Å². The van der Waals surface area contributed by atoms with Gasteiger partial charge in [0.25, 0.3) is 0 Å². The molecule has 1 aromatic heterocycles. The van der Waals surface area contributed by atoms with E-state index < -0.39 is 11.8 Å². The van der Waals surface area contributed by atoms with Gasteiger partial charge in [-0.3, -0.25) is 9.59 Å². The van der Waals surface area contributed by atoms with Crippen molar-refractivity contribution in [1.82, 2.24) is 14.9 Å². The Morgan fingerprint density at radius 3 is 2.65 bits per heavy atom. The molecule has 0 spiro atoms. The summed E-state index contributed by atoms with van der Waals surface area (Å²) in [5.41, 5.74) is 6.46. The van der Waals surface area contributed by atoms with E-state index in [-0.39, 0.29) is 12.3 Å². The molecule has 0 saturated heterocycles. The second-order valence-electron chi connectivity index (χ2n) is 5.59. The van der Waals surface area contributed by atoms with Crippen molar-refractivity contribution in [2.75, 3.05) is 13.6 Å². The average Bonchev–Trinajstić information content (AvgIpc) is 3.06. The molecule has 0 radical (unpaired) electrons. The zero-order valence-electron chi connectivity index (χ0n) is 13.2. The number of primary amides is 1. The maximum Gasteiger partial charge on any atom is 0.223 e. The number of hydrogen-bond acceptors (Lipinski definition) is 3. The van der Waals surface area contributed by atoms with E-state index in [0.29, 0.717) is 19.4 Å². The lowest BCUT2D eigenvalue weighted by molar-refractivity contribution is -0.134. The van der Waals surface area contributed by atoms with E-state index in [0.717, 1.165) is 11.4 Å². The van der Waals surface area contributed by atoms with E-state index in [9.17, 15) is 9.59 Å². The van der Waals surface area contributed by atoms with Gasteiger partial charge in [0.2, 0.25) is 11.8 Å². The van der Waals surface area contributed by atoms with Gasteiger partial charge in [-0.1, -0.05) is 30.3 Å². The summed E-state index contributed by atoms with van der Waals surface area (Å²) in [4.78, 5) is 32.7. The van der Waals surface area contributed by atoms with Gasteiger partial charge in [0.15, 0.2) is 0 Å². The smallest absolute Gasteiger partial charge is 0.223 e. The SMILES string of the molecule is CN(CCc1ncc[nH]1)C(=O)CC(Cc1ccccc1)C(N)=O. The number of nitrogens with zero attached hydrogens (tertiary/aromatic N) is 2. The van der Waals surface area contributed by atoms with Gasteiger partial charge in [-0.05, 0) is 12.0 Å². The zero-order chi connectivity index (χ0) is 16.7. The van der Waals surface area contributed by atoms with E-state index >= 15 is 0 Å². The number of hydrogen-bond donors (Lipinski definition) is 2. The van der Waals surface area contributed by atoms with Gasteiger partial charge in [-0.25, -0.2) is 4.98 Å². The highest BCUT2D eigenvalue weighted by molar-refractivity contribution is 5.85. The minimum atomic E-state index is -0.490. The Bertz CT molecular complexity index is 625. The number of aromatic nitrogens is 2. The van der Waals surface area contributed by atoms with Crippen LogP contribution in [0.1, 0.15) is 17.8 Å². The molecular weight excluding hydrogens is 292 g/mol. The van der Waals surface area contributed by atoms with E-state index in [1.807, 2.05) is 30.3 Å². The number of likely N-dealkylation sites (N-methyl/N-ethyl adjacent to an activating group) is 1. The second-order valence-corrected chi connectivity index (χ2v) is 5.59. The third-order valence-electron chi connectivity index (χ3n) is 3.81. The van der Waals surface area contributed by atoms with Crippen LogP contribution in [0.5, 0.6) is 0 Å². The van der Waals surface area contributed by atoms with Gasteiger partial charge in [-0.15, -0.1) is 0 Å². The molecule has 2 aromatic rings. The number of benzene rings is 1. The molecule has 0 bridgehead atoms. The molecule has 3 N–H and O–H groups in total. The highest BCUT2D eigenvalue weighted by atomic mass is 16.2. The molecule has 6 nitrogen and oxygen atoms in total. The zero-order valence-corrected chi connectivity index (χ0v) is 13.2. The third kappa shape index (κ3) is 5.25. The number of imidazole rings is 1. The largest absolute Gasteiger partial charge is 0.369 e. The molecule has 1 aromatic carbocycles. The number of nitrogens with two attached hydrogens (primary N) is 1. The van der Waals surface area contributed by atoms with Crippen LogP contribution in [-0.2, 0) is 22.4 Å². The van der Waals surface area contributed by atoms with Crippen molar-refractivity contribution in [1.29, 1.82) is 0 Å².